The molecule has 0 bridgehead atoms. The molecule has 0 aliphatic carbocycles. The number of carbonyl (C=O) groups is 2. The van der Waals surface area contributed by atoms with Gasteiger partial charge in [0.1, 0.15) is 6.04 Å². The van der Waals surface area contributed by atoms with Gasteiger partial charge in [-0.05, 0) is 13.0 Å². The van der Waals surface area contributed by atoms with E-state index in [4.69, 9.17) is 4.74 Å². The second-order valence-electron chi connectivity index (χ2n) is 3.92. The van der Waals surface area contributed by atoms with Gasteiger partial charge in [-0.15, -0.1) is 0 Å². The molecule has 1 rings (SSSR count). The third-order valence-electron chi connectivity index (χ3n) is 2.39. The molecule has 7 nitrogen and oxygen atoms in total. The van der Waals surface area contributed by atoms with E-state index in [2.05, 4.69) is 15.6 Å². The number of ether oxygens (including phenoxy) is 1. The number of nitrogens with one attached hydrogen (secondary N) is 3. The van der Waals surface area contributed by atoms with Gasteiger partial charge < -0.3 is 20.4 Å². The van der Waals surface area contributed by atoms with Gasteiger partial charge >= 0.3 is 0 Å². The number of pyridine rings is 1. The molecule has 0 radical (unpaired) electrons. The van der Waals surface area contributed by atoms with Crippen molar-refractivity contribution in [2.75, 3.05) is 20.3 Å². The van der Waals surface area contributed by atoms with E-state index in [1.807, 2.05) is 0 Å². The Labute approximate surface area is 110 Å². The van der Waals surface area contributed by atoms with Gasteiger partial charge in [0.2, 0.25) is 11.5 Å². The number of aromatic nitrogens is 1. The van der Waals surface area contributed by atoms with Crippen molar-refractivity contribution in [1.29, 1.82) is 0 Å². The summed E-state index contributed by atoms with van der Waals surface area (Å²) in [7, 11) is 1.54. The zero-order valence-corrected chi connectivity index (χ0v) is 10.9. The predicted octanol–water partition coefficient (Wildman–Crippen LogP) is -0.744. The molecule has 104 valence electrons. The third kappa shape index (κ3) is 4.92. The molecule has 0 fully saturated rings. The van der Waals surface area contributed by atoms with Crippen molar-refractivity contribution in [3.05, 3.63) is 34.2 Å². The molecule has 0 aliphatic rings. The van der Waals surface area contributed by atoms with E-state index in [-0.39, 0.29) is 17.0 Å². The summed E-state index contributed by atoms with van der Waals surface area (Å²) in [5.41, 5.74) is -0.00181. The quantitative estimate of drug-likeness (QED) is 0.591. The maximum atomic E-state index is 11.8. The normalized spacial score (nSPS) is 11.7. The summed E-state index contributed by atoms with van der Waals surface area (Å²) in [5.74, 6) is -0.722. The van der Waals surface area contributed by atoms with Crippen molar-refractivity contribution in [1.82, 2.24) is 15.6 Å². The molecule has 0 saturated carbocycles. The van der Waals surface area contributed by atoms with Gasteiger partial charge in [0.15, 0.2) is 0 Å². The average Bonchev–Trinajstić information content (AvgIpc) is 2.39. The highest BCUT2D eigenvalue weighted by atomic mass is 16.5. The maximum Gasteiger partial charge on any atom is 0.253 e. The largest absolute Gasteiger partial charge is 0.383 e. The van der Waals surface area contributed by atoms with E-state index < -0.39 is 11.9 Å². The average molecular weight is 267 g/mol. The van der Waals surface area contributed by atoms with Gasteiger partial charge in [0.05, 0.1) is 12.2 Å². The molecule has 0 saturated heterocycles. The lowest BCUT2D eigenvalue weighted by molar-refractivity contribution is -0.122. The summed E-state index contributed by atoms with van der Waals surface area (Å²) >= 11 is 0. The lowest BCUT2D eigenvalue weighted by atomic mass is 10.2. The second-order valence-corrected chi connectivity index (χ2v) is 3.92. The van der Waals surface area contributed by atoms with Crippen LogP contribution in [0.2, 0.25) is 0 Å². The summed E-state index contributed by atoms with van der Waals surface area (Å²) in [6.45, 7) is 2.37. The van der Waals surface area contributed by atoms with Gasteiger partial charge in [0, 0.05) is 25.9 Å². The summed E-state index contributed by atoms with van der Waals surface area (Å²) in [6.07, 6.45) is 1.30. The van der Waals surface area contributed by atoms with Crippen LogP contribution in [-0.2, 0) is 9.53 Å². The standard InChI is InChI=1S/C12H17N3O4/c1-8(11(17)13-5-6-19-2)15-12(18)9-3-4-10(16)14-7-9/h3-4,7-8H,5-6H2,1-2H3,(H,13,17)(H,14,16)(H,15,18). The Balaban J connectivity index is 2.49. The number of H-pyrrole nitrogens is 1. The Hall–Kier alpha value is -2.15. The number of methoxy groups -OCH3 is 1. The molecule has 1 heterocycles. The number of rotatable bonds is 6. The molecule has 2 amide bonds. The molecule has 7 heteroatoms. The number of amides is 2. The summed E-state index contributed by atoms with van der Waals surface area (Å²) in [4.78, 5) is 36.6. The van der Waals surface area contributed by atoms with Gasteiger partial charge in [-0.3, -0.25) is 14.4 Å². The lowest BCUT2D eigenvalue weighted by Gasteiger charge is -2.13. The van der Waals surface area contributed by atoms with Gasteiger partial charge in [-0.2, -0.15) is 0 Å². The Kier molecular flexibility index (Phi) is 5.74. The van der Waals surface area contributed by atoms with Crippen molar-refractivity contribution >= 4 is 11.8 Å². The minimum Gasteiger partial charge on any atom is -0.383 e. The molecule has 1 aromatic rings. The molecule has 0 aromatic carbocycles. The van der Waals surface area contributed by atoms with Crippen molar-refractivity contribution in [3.63, 3.8) is 0 Å². The van der Waals surface area contributed by atoms with Crippen LogP contribution in [0, 0.1) is 0 Å². The molecule has 1 aromatic heterocycles. The fraction of sp³-hybridized carbons (Fsp3) is 0.417. The first kappa shape index (κ1) is 14.9. The highest BCUT2D eigenvalue weighted by Crippen LogP contribution is 1.94. The highest BCUT2D eigenvalue weighted by molar-refractivity contribution is 5.97. The molecule has 0 aliphatic heterocycles. The van der Waals surface area contributed by atoms with Crippen LogP contribution in [0.3, 0.4) is 0 Å². The van der Waals surface area contributed by atoms with E-state index in [1.54, 1.807) is 6.92 Å². The van der Waals surface area contributed by atoms with Crippen LogP contribution >= 0.6 is 0 Å². The Morgan fingerprint density at radius 2 is 2.16 bits per heavy atom. The topological polar surface area (TPSA) is 100 Å². The van der Waals surface area contributed by atoms with Crippen LogP contribution in [0.25, 0.3) is 0 Å². The summed E-state index contributed by atoms with van der Waals surface area (Å²) < 4.78 is 4.80. The Morgan fingerprint density at radius 1 is 1.42 bits per heavy atom. The first-order valence-electron chi connectivity index (χ1n) is 5.81. The van der Waals surface area contributed by atoms with E-state index in [1.165, 1.54) is 25.4 Å². The van der Waals surface area contributed by atoms with Crippen molar-refractivity contribution in [2.45, 2.75) is 13.0 Å². The molecule has 19 heavy (non-hydrogen) atoms. The van der Waals surface area contributed by atoms with E-state index in [9.17, 15) is 14.4 Å². The highest BCUT2D eigenvalue weighted by Gasteiger charge is 2.15. The molecule has 1 unspecified atom stereocenters. The van der Waals surface area contributed by atoms with Crippen LogP contribution in [0.15, 0.2) is 23.1 Å². The monoisotopic (exact) mass is 267 g/mol. The first-order valence-corrected chi connectivity index (χ1v) is 5.81. The van der Waals surface area contributed by atoms with Gasteiger partial charge in [-0.25, -0.2) is 0 Å². The Morgan fingerprint density at radius 3 is 2.74 bits per heavy atom. The Bertz CT molecular complexity index is 477. The summed E-state index contributed by atoms with van der Waals surface area (Å²) in [6, 6.07) is 1.97. The zero-order chi connectivity index (χ0) is 14.3. The minimum atomic E-state index is -0.670. The van der Waals surface area contributed by atoms with E-state index in [0.717, 1.165) is 0 Å². The van der Waals surface area contributed by atoms with E-state index in [0.29, 0.717) is 13.2 Å². The van der Waals surface area contributed by atoms with Gasteiger partial charge in [0.25, 0.3) is 5.91 Å². The van der Waals surface area contributed by atoms with Crippen LogP contribution in [0.5, 0.6) is 0 Å². The molecule has 1 atom stereocenters. The first-order chi connectivity index (χ1) is 9.04. The molecular weight excluding hydrogens is 250 g/mol. The van der Waals surface area contributed by atoms with Crippen LogP contribution in [0.4, 0.5) is 0 Å². The molecular formula is C12H17N3O4. The van der Waals surface area contributed by atoms with Crippen molar-refractivity contribution in [2.24, 2.45) is 0 Å². The minimum absolute atomic E-state index is 0.288. The summed E-state index contributed by atoms with van der Waals surface area (Å²) in [5, 5.41) is 5.14. The van der Waals surface area contributed by atoms with Crippen molar-refractivity contribution < 1.29 is 14.3 Å². The number of carbonyl (C=O) groups excluding carboxylic acids is 2. The number of aromatic amines is 1. The van der Waals surface area contributed by atoms with Gasteiger partial charge in [-0.1, -0.05) is 0 Å². The fourth-order valence-electron chi connectivity index (χ4n) is 1.33. The predicted molar refractivity (Wildman–Crippen MR) is 68.9 cm³/mol. The number of hydrogen-bond acceptors (Lipinski definition) is 4. The molecule has 3 N–H and O–H groups in total. The molecule has 0 spiro atoms. The van der Waals surface area contributed by atoms with E-state index >= 15 is 0 Å². The fourth-order valence-corrected chi connectivity index (χ4v) is 1.33. The maximum absolute atomic E-state index is 11.8. The van der Waals surface area contributed by atoms with Crippen molar-refractivity contribution in [3.8, 4) is 0 Å². The smallest absolute Gasteiger partial charge is 0.253 e. The van der Waals surface area contributed by atoms with Crippen LogP contribution < -0.4 is 16.2 Å². The third-order valence-corrected chi connectivity index (χ3v) is 2.39. The zero-order valence-electron chi connectivity index (χ0n) is 10.9. The second kappa shape index (κ2) is 7.32. The van der Waals surface area contributed by atoms with Crippen LogP contribution in [0.1, 0.15) is 17.3 Å². The SMILES string of the molecule is COCCNC(=O)C(C)NC(=O)c1ccc(=O)[nH]c1. The number of hydrogen-bond donors (Lipinski definition) is 3. The van der Waals surface area contributed by atoms with Crippen LogP contribution in [-0.4, -0.2) is 43.1 Å². The lowest BCUT2D eigenvalue weighted by Crippen LogP contribution is -2.45.